The van der Waals surface area contributed by atoms with Gasteiger partial charge in [0, 0.05) is 0 Å². The van der Waals surface area contributed by atoms with Crippen LogP contribution in [0.1, 0.15) is 13.3 Å². The molecular formula is C22H21NOSn. The van der Waals surface area contributed by atoms with Crippen molar-refractivity contribution < 1.29 is 4.84 Å². The molecule has 1 aliphatic heterocycles. The summed E-state index contributed by atoms with van der Waals surface area (Å²) in [5.41, 5.74) is 1.09. The van der Waals surface area contributed by atoms with Crippen LogP contribution in [0, 0.1) is 0 Å². The molecule has 2 nitrogen and oxygen atoms in total. The van der Waals surface area contributed by atoms with E-state index in [1.807, 2.05) is 0 Å². The van der Waals surface area contributed by atoms with E-state index in [-0.39, 0.29) is 4.12 Å². The standard InChI is InChI=1S/3C6H5.C4H6NO.Sn/c3*1-2-4-6-5-3-1;1-4-2-3-6-5-4;/h3*1-5H;3H,2H2,1H3;. The molecule has 25 heavy (non-hydrogen) atoms. The minimum absolute atomic E-state index is 0.140. The predicted octanol–water partition coefficient (Wildman–Crippen LogP) is 2.86. The zero-order valence-electron chi connectivity index (χ0n) is 14.3. The molecule has 3 aromatic carbocycles. The van der Waals surface area contributed by atoms with Crippen LogP contribution in [0.15, 0.2) is 96.2 Å². The van der Waals surface area contributed by atoms with Crippen molar-refractivity contribution in [3.63, 3.8) is 0 Å². The summed E-state index contributed by atoms with van der Waals surface area (Å²) < 4.78 is 4.44. The van der Waals surface area contributed by atoms with Gasteiger partial charge in [0.05, 0.1) is 0 Å². The van der Waals surface area contributed by atoms with Gasteiger partial charge in [0.15, 0.2) is 0 Å². The van der Waals surface area contributed by atoms with Gasteiger partial charge in [0.2, 0.25) is 0 Å². The first-order valence-electron chi connectivity index (χ1n) is 8.67. The van der Waals surface area contributed by atoms with Gasteiger partial charge in [0.25, 0.3) is 0 Å². The van der Waals surface area contributed by atoms with Crippen LogP contribution in [-0.4, -0.2) is 28.2 Å². The molecule has 1 heterocycles. The first kappa shape index (κ1) is 16.4. The molecule has 0 aliphatic carbocycles. The first-order valence-corrected chi connectivity index (χ1v) is 14.6. The van der Waals surface area contributed by atoms with Gasteiger partial charge in [-0.2, -0.15) is 0 Å². The van der Waals surface area contributed by atoms with E-state index >= 15 is 0 Å². The molecule has 0 saturated heterocycles. The Bertz CT molecular complexity index is 766. The Morgan fingerprint density at radius 3 is 1.44 bits per heavy atom. The van der Waals surface area contributed by atoms with Crippen LogP contribution in [0.5, 0.6) is 0 Å². The topological polar surface area (TPSA) is 21.6 Å². The van der Waals surface area contributed by atoms with Crippen molar-refractivity contribution in [3.8, 4) is 0 Å². The monoisotopic (exact) mass is 435 g/mol. The van der Waals surface area contributed by atoms with Gasteiger partial charge in [-0.05, 0) is 0 Å². The number of oxime groups is 1. The molecule has 0 amide bonds. The summed E-state index contributed by atoms with van der Waals surface area (Å²) >= 11 is -3.38. The third-order valence-corrected chi connectivity index (χ3v) is 19.3. The molecule has 0 aromatic heterocycles. The predicted molar refractivity (Wildman–Crippen MR) is 107 cm³/mol. The molecule has 4 rings (SSSR count). The molecule has 1 unspecified atom stereocenters. The van der Waals surface area contributed by atoms with E-state index in [4.69, 9.17) is 4.84 Å². The summed E-state index contributed by atoms with van der Waals surface area (Å²) in [6.07, 6.45) is 0.911. The second-order valence-electron chi connectivity index (χ2n) is 6.53. The van der Waals surface area contributed by atoms with Crippen molar-refractivity contribution in [2.24, 2.45) is 5.16 Å². The number of benzene rings is 3. The van der Waals surface area contributed by atoms with E-state index in [1.54, 1.807) is 0 Å². The second-order valence-corrected chi connectivity index (χ2v) is 17.9. The third kappa shape index (κ3) is 2.89. The molecule has 124 valence electrons. The summed E-state index contributed by atoms with van der Waals surface area (Å²) in [6.45, 7) is 2.07. The van der Waals surface area contributed by atoms with E-state index < -0.39 is 18.4 Å². The van der Waals surface area contributed by atoms with Crippen LogP contribution in [0.2, 0.25) is 0 Å². The third-order valence-electron chi connectivity index (χ3n) is 4.99. The van der Waals surface area contributed by atoms with Crippen LogP contribution in [0.25, 0.3) is 0 Å². The van der Waals surface area contributed by atoms with Crippen molar-refractivity contribution in [1.29, 1.82) is 0 Å². The number of hydrogen-bond acceptors (Lipinski definition) is 2. The quantitative estimate of drug-likeness (QED) is 0.580. The molecule has 0 N–H and O–H groups in total. The fourth-order valence-corrected chi connectivity index (χ4v) is 18.4. The van der Waals surface area contributed by atoms with Gasteiger partial charge in [-0.15, -0.1) is 0 Å². The van der Waals surface area contributed by atoms with E-state index in [9.17, 15) is 0 Å². The molecule has 0 radical (unpaired) electrons. The molecular weight excluding hydrogens is 413 g/mol. The fourth-order valence-electron chi connectivity index (χ4n) is 3.89. The zero-order valence-corrected chi connectivity index (χ0v) is 17.2. The van der Waals surface area contributed by atoms with Crippen LogP contribution in [-0.2, 0) is 4.84 Å². The summed E-state index contributed by atoms with van der Waals surface area (Å²) in [6, 6.07) is 32.9. The summed E-state index contributed by atoms with van der Waals surface area (Å²) in [5, 5.41) is 4.33. The number of nitrogens with zero attached hydrogens (tertiary/aromatic N) is 1. The van der Waals surface area contributed by atoms with Crippen molar-refractivity contribution >= 4 is 34.8 Å². The van der Waals surface area contributed by atoms with E-state index in [2.05, 4.69) is 103 Å². The fraction of sp³-hybridized carbons (Fsp3) is 0.136. The Kier molecular flexibility index (Phi) is 4.62. The molecule has 3 aromatic rings. The zero-order chi connectivity index (χ0) is 17.1. The Morgan fingerprint density at radius 2 is 1.12 bits per heavy atom. The maximum atomic E-state index is 6.08. The summed E-state index contributed by atoms with van der Waals surface area (Å²) in [7, 11) is 0. The van der Waals surface area contributed by atoms with Gasteiger partial charge in [-0.25, -0.2) is 0 Å². The normalized spacial score (nSPS) is 17.0. The van der Waals surface area contributed by atoms with E-state index in [0.29, 0.717) is 0 Å². The van der Waals surface area contributed by atoms with E-state index in [0.717, 1.165) is 12.1 Å². The van der Waals surface area contributed by atoms with Gasteiger partial charge in [-0.3, -0.25) is 0 Å². The average molecular weight is 434 g/mol. The van der Waals surface area contributed by atoms with Crippen LogP contribution in [0.3, 0.4) is 0 Å². The number of rotatable bonds is 4. The molecule has 0 fully saturated rings. The van der Waals surface area contributed by atoms with Gasteiger partial charge in [0.1, 0.15) is 0 Å². The van der Waals surface area contributed by atoms with Crippen LogP contribution >= 0.6 is 0 Å². The molecule has 0 saturated carbocycles. The second kappa shape index (κ2) is 7.04. The first-order chi connectivity index (χ1) is 12.3. The molecule has 3 heteroatoms. The molecule has 0 spiro atoms. The van der Waals surface area contributed by atoms with E-state index in [1.165, 1.54) is 10.7 Å². The SMILES string of the molecule is CC1=NO[CH]([Sn]([c]2ccccc2)([c]2ccccc2)[c]2ccccc2)C1. The average Bonchev–Trinajstić information content (AvgIpc) is 3.12. The minimum atomic E-state index is -3.38. The van der Waals surface area contributed by atoms with Crippen LogP contribution < -0.4 is 10.7 Å². The van der Waals surface area contributed by atoms with Gasteiger partial charge in [-0.1, -0.05) is 0 Å². The Hall–Kier alpha value is -2.07. The van der Waals surface area contributed by atoms with Crippen molar-refractivity contribution in [2.75, 3.05) is 0 Å². The Labute approximate surface area is 153 Å². The Balaban J connectivity index is 2.02. The molecule has 1 aliphatic rings. The van der Waals surface area contributed by atoms with Crippen molar-refractivity contribution in [2.45, 2.75) is 17.5 Å². The summed E-state index contributed by atoms with van der Waals surface area (Å²) in [4.78, 5) is 6.08. The number of hydrogen-bond donors (Lipinski definition) is 0. The van der Waals surface area contributed by atoms with Gasteiger partial charge < -0.3 is 0 Å². The van der Waals surface area contributed by atoms with Crippen LogP contribution in [0.4, 0.5) is 0 Å². The molecule has 0 bridgehead atoms. The van der Waals surface area contributed by atoms with Crippen molar-refractivity contribution in [1.82, 2.24) is 0 Å². The summed E-state index contributed by atoms with van der Waals surface area (Å²) in [5.74, 6) is 0. The van der Waals surface area contributed by atoms with Crippen molar-refractivity contribution in [3.05, 3.63) is 91.0 Å². The Morgan fingerprint density at radius 1 is 0.720 bits per heavy atom. The molecule has 1 atom stereocenters. The maximum absolute atomic E-state index is 6.08. The van der Waals surface area contributed by atoms with Gasteiger partial charge >= 0.3 is 153 Å².